The van der Waals surface area contributed by atoms with Crippen LogP contribution in [-0.2, 0) is 14.3 Å². The van der Waals surface area contributed by atoms with Gasteiger partial charge < -0.3 is 9.84 Å². The van der Waals surface area contributed by atoms with Crippen LogP contribution < -0.4 is 0 Å². The van der Waals surface area contributed by atoms with E-state index in [1.54, 1.807) is 0 Å². The Morgan fingerprint density at radius 3 is 2.71 bits per heavy atom. The molecule has 3 aliphatic rings. The molecule has 1 N–H and O–H groups in total. The Hall–Kier alpha value is -0.900. The lowest BCUT2D eigenvalue weighted by atomic mass is 9.49. The molecule has 24 heavy (non-hydrogen) atoms. The van der Waals surface area contributed by atoms with Gasteiger partial charge in [0.25, 0.3) is 0 Å². The first kappa shape index (κ1) is 17.9. The molecule has 0 aromatic heterocycles. The molecular formula is C20H32O4. The van der Waals surface area contributed by atoms with E-state index in [0.29, 0.717) is 42.8 Å². The van der Waals surface area contributed by atoms with Crippen molar-refractivity contribution in [1.82, 2.24) is 0 Å². The van der Waals surface area contributed by atoms with Crippen molar-refractivity contribution in [3.05, 3.63) is 0 Å². The molecule has 3 rings (SSSR count). The second kappa shape index (κ2) is 6.44. The van der Waals surface area contributed by atoms with E-state index >= 15 is 0 Å². The number of carbonyl (C=O) groups is 2. The van der Waals surface area contributed by atoms with Crippen LogP contribution >= 0.6 is 0 Å². The fourth-order valence-corrected chi connectivity index (χ4v) is 6.34. The van der Waals surface area contributed by atoms with Crippen LogP contribution in [0.2, 0.25) is 0 Å². The molecule has 3 aliphatic carbocycles. The van der Waals surface area contributed by atoms with Crippen LogP contribution in [0.3, 0.4) is 0 Å². The van der Waals surface area contributed by atoms with E-state index in [0.717, 1.165) is 38.5 Å². The van der Waals surface area contributed by atoms with Crippen LogP contribution in [0.15, 0.2) is 0 Å². The molecule has 0 aliphatic heterocycles. The monoisotopic (exact) mass is 336 g/mol. The average molecular weight is 336 g/mol. The van der Waals surface area contributed by atoms with E-state index < -0.39 is 0 Å². The van der Waals surface area contributed by atoms with E-state index in [4.69, 9.17) is 4.74 Å². The normalized spacial score (nSPS) is 44.8. The number of aliphatic hydroxyl groups is 1. The highest BCUT2D eigenvalue weighted by atomic mass is 16.5. The number of hydrogen-bond donors (Lipinski definition) is 1. The van der Waals surface area contributed by atoms with Crippen molar-refractivity contribution in [2.45, 2.75) is 77.7 Å². The van der Waals surface area contributed by atoms with E-state index in [1.807, 2.05) is 0 Å². The minimum Gasteiger partial charge on any atom is -0.469 e. The molecule has 136 valence electrons. The summed E-state index contributed by atoms with van der Waals surface area (Å²) in [5.41, 5.74) is 0.00854. The molecule has 0 saturated heterocycles. The second-order valence-electron chi connectivity index (χ2n) is 9.02. The smallest absolute Gasteiger partial charge is 0.305 e. The van der Waals surface area contributed by atoms with Gasteiger partial charge in [-0.2, -0.15) is 0 Å². The van der Waals surface area contributed by atoms with Crippen molar-refractivity contribution in [1.29, 1.82) is 0 Å². The van der Waals surface area contributed by atoms with Gasteiger partial charge in [0, 0.05) is 19.3 Å². The molecule has 0 amide bonds. The van der Waals surface area contributed by atoms with E-state index in [9.17, 15) is 14.7 Å². The van der Waals surface area contributed by atoms with E-state index in [-0.39, 0.29) is 22.9 Å². The number of fused-ring (bicyclic) bond motifs is 3. The number of carbonyl (C=O) groups excluding carboxylic acids is 2. The summed E-state index contributed by atoms with van der Waals surface area (Å²) < 4.78 is 4.75. The van der Waals surface area contributed by atoms with Gasteiger partial charge in [0.2, 0.25) is 0 Å². The first-order chi connectivity index (χ1) is 11.3. The maximum absolute atomic E-state index is 12.5. The van der Waals surface area contributed by atoms with Crippen LogP contribution in [0.4, 0.5) is 0 Å². The van der Waals surface area contributed by atoms with E-state index in [2.05, 4.69) is 13.8 Å². The van der Waals surface area contributed by atoms with Gasteiger partial charge in [-0.15, -0.1) is 0 Å². The highest BCUT2D eigenvalue weighted by Crippen LogP contribution is 2.63. The van der Waals surface area contributed by atoms with Crippen LogP contribution in [-0.4, -0.2) is 30.1 Å². The Balaban J connectivity index is 1.75. The molecule has 0 heterocycles. The molecule has 3 fully saturated rings. The molecule has 0 spiro atoms. The summed E-state index contributed by atoms with van der Waals surface area (Å²) in [6, 6.07) is 0. The molecule has 0 unspecified atom stereocenters. The Morgan fingerprint density at radius 2 is 2.00 bits per heavy atom. The molecule has 6 atom stereocenters. The van der Waals surface area contributed by atoms with Crippen molar-refractivity contribution >= 4 is 11.8 Å². The summed E-state index contributed by atoms with van der Waals surface area (Å²) in [5, 5.41) is 10.5. The lowest BCUT2D eigenvalue weighted by Gasteiger charge is -2.55. The molecular weight excluding hydrogens is 304 g/mol. The second-order valence-corrected chi connectivity index (χ2v) is 9.02. The molecule has 4 nitrogen and oxygen atoms in total. The fraction of sp³-hybridized carbons (Fsp3) is 0.900. The van der Waals surface area contributed by atoms with Gasteiger partial charge in [0.05, 0.1) is 13.2 Å². The third kappa shape index (κ3) is 2.91. The van der Waals surface area contributed by atoms with Gasteiger partial charge in [-0.25, -0.2) is 0 Å². The van der Waals surface area contributed by atoms with Crippen molar-refractivity contribution in [3.8, 4) is 0 Å². The van der Waals surface area contributed by atoms with Gasteiger partial charge in [-0.05, 0) is 67.1 Å². The topological polar surface area (TPSA) is 63.6 Å². The quantitative estimate of drug-likeness (QED) is 0.798. The highest BCUT2D eigenvalue weighted by molar-refractivity contribution is 5.80. The maximum Gasteiger partial charge on any atom is 0.305 e. The number of esters is 1. The predicted octanol–water partition coefficient (Wildman–Crippen LogP) is 3.50. The third-order valence-corrected chi connectivity index (χ3v) is 7.70. The number of ketones is 1. The maximum atomic E-state index is 12.5. The summed E-state index contributed by atoms with van der Waals surface area (Å²) >= 11 is 0. The number of hydrogen-bond acceptors (Lipinski definition) is 4. The van der Waals surface area contributed by atoms with Crippen LogP contribution in [0.1, 0.15) is 71.6 Å². The first-order valence-electron chi connectivity index (χ1n) is 9.57. The average Bonchev–Trinajstić information content (AvgIpc) is 2.82. The van der Waals surface area contributed by atoms with E-state index in [1.165, 1.54) is 7.11 Å². The summed E-state index contributed by atoms with van der Waals surface area (Å²) in [7, 11) is 1.43. The Labute approximate surface area is 145 Å². The molecule has 0 aromatic carbocycles. The van der Waals surface area contributed by atoms with Gasteiger partial charge in [0.1, 0.15) is 5.78 Å². The largest absolute Gasteiger partial charge is 0.469 e. The number of aliphatic hydroxyl groups excluding tert-OH is 1. The molecule has 3 saturated carbocycles. The summed E-state index contributed by atoms with van der Waals surface area (Å²) in [6.45, 7) is 4.49. The predicted molar refractivity (Wildman–Crippen MR) is 91.3 cm³/mol. The van der Waals surface area contributed by atoms with Crippen LogP contribution in [0.25, 0.3) is 0 Å². The number of ether oxygens (including phenoxy) is 1. The Bertz CT molecular complexity index is 516. The zero-order valence-electron chi connectivity index (χ0n) is 15.3. The third-order valence-electron chi connectivity index (χ3n) is 7.70. The summed E-state index contributed by atoms with van der Waals surface area (Å²) in [4.78, 5) is 23.9. The van der Waals surface area contributed by atoms with Crippen molar-refractivity contribution in [2.75, 3.05) is 7.11 Å². The zero-order valence-corrected chi connectivity index (χ0v) is 15.3. The van der Waals surface area contributed by atoms with Gasteiger partial charge in [-0.1, -0.05) is 13.8 Å². The lowest BCUT2D eigenvalue weighted by molar-refractivity contribution is -0.142. The fourth-order valence-electron chi connectivity index (χ4n) is 6.34. The number of Topliss-reactive ketones (excluding diaryl/α,β-unsaturated/α-hetero) is 1. The molecule has 0 bridgehead atoms. The van der Waals surface area contributed by atoms with Crippen LogP contribution in [0, 0.1) is 28.6 Å². The van der Waals surface area contributed by atoms with Crippen molar-refractivity contribution in [3.63, 3.8) is 0 Å². The van der Waals surface area contributed by atoms with Crippen molar-refractivity contribution < 1.29 is 19.4 Å². The molecule has 0 aromatic rings. The minimum atomic E-state index is -0.203. The summed E-state index contributed by atoms with van der Waals surface area (Å²) in [6.07, 6.45) is 7.43. The van der Waals surface area contributed by atoms with Gasteiger partial charge in [0.15, 0.2) is 0 Å². The molecule has 0 radical (unpaired) electrons. The number of methoxy groups -OCH3 is 1. The number of rotatable bonds is 4. The Kier molecular flexibility index (Phi) is 4.80. The summed E-state index contributed by atoms with van der Waals surface area (Å²) in [5.74, 6) is 1.67. The van der Waals surface area contributed by atoms with Gasteiger partial charge in [-0.3, -0.25) is 9.59 Å². The lowest BCUT2D eigenvalue weighted by Crippen LogP contribution is -2.51. The molecule has 4 heteroatoms. The standard InChI is InChI=1S/C20H32O4/c1-19(9-4-5-18(23)24-3)12-13(21)11-14-15(19)8-10-20(2)16(14)6-7-17(20)22/h14-17,22H,4-12H2,1-3H3/t14-,15+,16+,17+,19+,20+/m1/s1. The van der Waals surface area contributed by atoms with Crippen molar-refractivity contribution in [2.24, 2.45) is 28.6 Å². The minimum absolute atomic E-state index is 0.00287. The Morgan fingerprint density at radius 1 is 1.25 bits per heavy atom. The van der Waals surface area contributed by atoms with Gasteiger partial charge >= 0.3 is 5.97 Å². The van der Waals surface area contributed by atoms with Crippen LogP contribution in [0.5, 0.6) is 0 Å². The highest BCUT2D eigenvalue weighted by Gasteiger charge is 2.58. The zero-order chi connectivity index (χ0) is 17.5. The SMILES string of the molecule is COC(=O)CCC[C@@]1(C)CC(=O)C[C@@H]2[C@@H]1CC[C@]1(C)[C@@H](O)CC[C@@H]21. The first-order valence-corrected chi connectivity index (χ1v) is 9.57.